The predicted molar refractivity (Wildman–Crippen MR) is 132 cm³/mol. The molecule has 0 saturated carbocycles. The van der Waals surface area contributed by atoms with Crippen LogP contribution in [0, 0.1) is 0 Å². The van der Waals surface area contributed by atoms with Gasteiger partial charge < -0.3 is 10.1 Å². The van der Waals surface area contributed by atoms with E-state index < -0.39 is 6.04 Å². The molecule has 2 atom stereocenters. The number of methoxy groups -OCH3 is 1. The summed E-state index contributed by atoms with van der Waals surface area (Å²) in [5.41, 5.74) is 4.13. The van der Waals surface area contributed by atoms with E-state index >= 15 is 0 Å². The van der Waals surface area contributed by atoms with Crippen LogP contribution in [0.15, 0.2) is 77.3 Å². The number of carbonyl (C=O) groups excluding carboxylic acids is 2. The normalized spacial score (nSPS) is 19.9. The number of nitrogens with zero attached hydrogens (tertiary/aromatic N) is 1. The summed E-state index contributed by atoms with van der Waals surface area (Å²) in [6, 6.07) is 19.1. The highest BCUT2D eigenvalue weighted by atomic mass is 32.1. The van der Waals surface area contributed by atoms with E-state index in [1.54, 1.807) is 23.3 Å². The van der Waals surface area contributed by atoms with Crippen molar-refractivity contribution in [2.24, 2.45) is 0 Å². The highest BCUT2D eigenvalue weighted by molar-refractivity contribution is 7.10. The van der Waals surface area contributed by atoms with Crippen molar-refractivity contribution in [2.75, 3.05) is 17.3 Å². The summed E-state index contributed by atoms with van der Waals surface area (Å²) >= 11 is 1.69. The van der Waals surface area contributed by atoms with Crippen molar-refractivity contribution in [3.8, 4) is 5.75 Å². The summed E-state index contributed by atoms with van der Waals surface area (Å²) in [4.78, 5) is 30.1. The monoisotopic (exact) mass is 458 g/mol. The topological polar surface area (TPSA) is 58.6 Å². The van der Waals surface area contributed by atoms with Crippen molar-refractivity contribution in [2.45, 2.75) is 38.1 Å². The number of hydrogen-bond donors (Lipinski definition) is 1. The molecule has 33 heavy (non-hydrogen) atoms. The molecule has 2 heterocycles. The van der Waals surface area contributed by atoms with Gasteiger partial charge in [0, 0.05) is 34.9 Å². The number of thiophene rings is 1. The molecular weight excluding hydrogens is 432 g/mol. The minimum Gasteiger partial charge on any atom is -0.497 e. The Hall–Kier alpha value is -3.38. The van der Waals surface area contributed by atoms with E-state index in [-0.39, 0.29) is 17.6 Å². The number of allylic oxidation sites excluding steroid dienone is 1. The number of hydrogen-bond acceptors (Lipinski definition) is 5. The van der Waals surface area contributed by atoms with Crippen LogP contribution in [0.5, 0.6) is 5.75 Å². The molecule has 0 unspecified atom stereocenters. The molecule has 1 N–H and O–H groups in total. The lowest BCUT2D eigenvalue weighted by atomic mass is 9.80. The second-order valence-corrected chi connectivity index (χ2v) is 9.35. The smallest absolute Gasteiger partial charge is 0.227 e. The van der Waals surface area contributed by atoms with Crippen LogP contribution in [0.25, 0.3) is 0 Å². The van der Waals surface area contributed by atoms with Crippen LogP contribution in [0.2, 0.25) is 0 Å². The van der Waals surface area contributed by atoms with Crippen molar-refractivity contribution in [1.29, 1.82) is 0 Å². The van der Waals surface area contributed by atoms with Gasteiger partial charge >= 0.3 is 0 Å². The maximum absolute atomic E-state index is 13.7. The Labute approximate surface area is 197 Å². The fraction of sp³-hybridized carbons (Fsp3) is 0.259. The van der Waals surface area contributed by atoms with Crippen LogP contribution < -0.4 is 15.0 Å². The third-order valence-corrected chi connectivity index (χ3v) is 7.47. The average molecular weight is 459 g/mol. The van der Waals surface area contributed by atoms with Crippen molar-refractivity contribution >= 4 is 34.4 Å². The fourth-order valence-electron chi connectivity index (χ4n) is 4.86. The molecular formula is C27H26N2O3S. The molecule has 0 fully saturated rings. The van der Waals surface area contributed by atoms with E-state index in [9.17, 15) is 9.59 Å². The van der Waals surface area contributed by atoms with E-state index in [0.29, 0.717) is 18.4 Å². The zero-order valence-corrected chi connectivity index (χ0v) is 19.5. The Kier molecular flexibility index (Phi) is 5.77. The highest BCUT2D eigenvalue weighted by Crippen LogP contribution is 2.48. The number of ketones is 1. The molecule has 2 aromatic carbocycles. The van der Waals surface area contributed by atoms with Gasteiger partial charge in [-0.05, 0) is 47.7 Å². The largest absolute Gasteiger partial charge is 0.497 e. The van der Waals surface area contributed by atoms with Gasteiger partial charge in [-0.15, -0.1) is 11.3 Å². The summed E-state index contributed by atoms with van der Waals surface area (Å²) in [5, 5.41) is 5.62. The number of benzene rings is 2. The van der Waals surface area contributed by atoms with Crippen molar-refractivity contribution < 1.29 is 14.3 Å². The highest BCUT2D eigenvalue weighted by Gasteiger charge is 2.41. The van der Waals surface area contributed by atoms with Gasteiger partial charge in [-0.25, -0.2) is 0 Å². The lowest BCUT2D eigenvalue weighted by molar-refractivity contribution is -0.119. The zero-order valence-electron chi connectivity index (χ0n) is 18.7. The molecule has 1 aliphatic carbocycles. The molecule has 5 rings (SSSR count). The minimum absolute atomic E-state index is 0.0213. The van der Waals surface area contributed by atoms with E-state index in [4.69, 9.17) is 4.74 Å². The molecule has 168 valence electrons. The maximum Gasteiger partial charge on any atom is 0.227 e. The molecule has 6 heteroatoms. The molecule has 2 aliphatic rings. The molecule has 0 saturated heterocycles. The number of rotatable bonds is 4. The number of anilines is 2. The number of Topliss-reactive ketones (excluding diaryl/α,β-unsaturated/α-hetero) is 1. The summed E-state index contributed by atoms with van der Waals surface area (Å²) in [6.45, 7) is 1.86. The number of nitrogens with one attached hydrogen (secondary N) is 1. The van der Waals surface area contributed by atoms with Crippen LogP contribution in [0.1, 0.15) is 48.6 Å². The van der Waals surface area contributed by atoms with Gasteiger partial charge in [0.1, 0.15) is 5.75 Å². The Morgan fingerprint density at radius 1 is 1.09 bits per heavy atom. The Morgan fingerprint density at radius 2 is 1.88 bits per heavy atom. The Bertz CT molecular complexity index is 1210. The summed E-state index contributed by atoms with van der Waals surface area (Å²) in [6.07, 6.45) is 1.52. The number of para-hydroxylation sites is 2. The van der Waals surface area contributed by atoms with Crippen LogP contribution in [-0.2, 0) is 9.59 Å². The molecule has 0 bridgehead atoms. The van der Waals surface area contributed by atoms with Gasteiger partial charge in [0.2, 0.25) is 5.91 Å². The van der Waals surface area contributed by atoms with Gasteiger partial charge in [-0.3, -0.25) is 14.5 Å². The summed E-state index contributed by atoms with van der Waals surface area (Å²) in [7, 11) is 1.63. The predicted octanol–water partition coefficient (Wildman–Crippen LogP) is 6.07. The molecule has 3 aromatic rings. The first kappa shape index (κ1) is 21.5. The number of carbonyl (C=O) groups is 2. The van der Waals surface area contributed by atoms with E-state index in [1.807, 2.05) is 61.5 Å². The second-order valence-electron chi connectivity index (χ2n) is 8.37. The number of amides is 1. The van der Waals surface area contributed by atoms with E-state index in [2.05, 4.69) is 16.8 Å². The van der Waals surface area contributed by atoms with Gasteiger partial charge in [-0.1, -0.05) is 37.3 Å². The third kappa shape index (κ3) is 3.85. The SMILES string of the molecule is CCC(=O)N1c2ccccc2NC2=C(C(=O)C[C@H](c3cccs3)C2)[C@H]1c1ccc(OC)cc1. The minimum atomic E-state index is -0.494. The average Bonchev–Trinajstić information content (AvgIpc) is 3.34. The number of fused-ring (bicyclic) bond motifs is 1. The lowest BCUT2D eigenvalue weighted by Crippen LogP contribution is -2.38. The van der Waals surface area contributed by atoms with Crippen LogP contribution in [-0.4, -0.2) is 18.8 Å². The first-order valence-electron chi connectivity index (χ1n) is 11.2. The fourth-order valence-corrected chi connectivity index (χ4v) is 5.69. The molecule has 1 aliphatic heterocycles. The molecule has 1 amide bonds. The quantitative estimate of drug-likeness (QED) is 0.516. The van der Waals surface area contributed by atoms with Crippen LogP contribution in [0.4, 0.5) is 11.4 Å². The van der Waals surface area contributed by atoms with Crippen molar-refractivity contribution in [3.05, 3.63) is 87.8 Å². The maximum atomic E-state index is 13.7. The first-order valence-corrected chi connectivity index (χ1v) is 12.1. The Balaban J connectivity index is 1.71. The second kappa shape index (κ2) is 8.87. The van der Waals surface area contributed by atoms with Crippen LogP contribution in [0.3, 0.4) is 0 Å². The van der Waals surface area contributed by atoms with Gasteiger partial charge in [0.25, 0.3) is 0 Å². The van der Waals surface area contributed by atoms with Gasteiger partial charge in [0.15, 0.2) is 5.78 Å². The molecule has 1 aromatic heterocycles. The zero-order chi connectivity index (χ0) is 22.9. The Morgan fingerprint density at radius 3 is 2.58 bits per heavy atom. The summed E-state index contributed by atoms with van der Waals surface area (Å²) in [5.74, 6) is 0.943. The standard InChI is InChI=1S/C27H26N2O3S/c1-3-25(31)29-22-8-5-4-7-20(22)28-21-15-18(24-9-6-14-33-24)16-23(30)26(21)27(29)17-10-12-19(32-2)13-11-17/h4-14,18,27-28H,3,15-16H2,1-2H3/t18-,27-/m1/s1. The molecule has 0 spiro atoms. The lowest BCUT2D eigenvalue weighted by Gasteiger charge is -2.35. The number of ether oxygens (including phenoxy) is 1. The van der Waals surface area contributed by atoms with Crippen molar-refractivity contribution in [1.82, 2.24) is 0 Å². The van der Waals surface area contributed by atoms with Gasteiger partial charge in [0.05, 0.1) is 24.5 Å². The van der Waals surface area contributed by atoms with Gasteiger partial charge in [-0.2, -0.15) is 0 Å². The first-order chi connectivity index (χ1) is 16.1. The van der Waals surface area contributed by atoms with Crippen LogP contribution >= 0.6 is 11.3 Å². The third-order valence-electron chi connectivity index (χ3n) is 6.44. The molecule has 0 radical (unpaired) electrons. The summed E-state index contributed by atoms with van der Waals surface area (Å²) < 4.78 is 5.35. The van der Waals surface area contributed by atoms with Crippen molar-refractivity contribution in [3.63, 3.8) is 0 Å². The van der Waals surface area contributed by atoms with E-state index in [0.717, 1.165) is 34.8 Å². The van der Waals surface area contributed by atoms with E-state index in [1.165, 1.54) is 4.88 Å². The molecule has 5 nitrogen and oxygen atoms in total.